The van der Waals surface area contributed by atoms with Gasteiger partial charge in [0.15, 0.2) is 0 Å². The van der Waals surface area contributed by atoms with Gasteiger partial charge < -0.3 is 4.74 Å². The predicted molar refractivity (Wildman–Crippen MR) is 103 cm³/mol. The van der Waals surface area contributed by atoms with Crippen molar-refractivity contribution in [3.63, 3.8) is 0 Å². The van der Waals surface area contributed by atoms with E-state index in [2.05, 4.69) is 27.3 Å². The smallest absolute Gasteiger partial charge is 0.240 e. The molecule has 0 spiro atoms. The Kier molecular flexibility index (Phi) is 5.59. The molecule has 1 aliphatic rings. The number of benzene rings is 2. The average Bonchev–Trinajstić information content (AvgIpc) is 2.98. The van der Waals surface area contributed by atoms with Crippen LogP contribution in [0.25, 0.3) is 0 Å². The highest BCUT2D eigenvalue weighted by molar-refractivity contribution is 14.1. The number of nitrogens with one attached hydrogen (secondary N) is 1. The van der Waals surface area contributed by atoms with E-state index in [4.69, 9.17) is 4.74 Å². The number of ether oxygens (including phenoxy) is 1. The molecule has 128 valence electrons. The zero-order chi connectivity index (χ0) is 17.2. The zero-order valence-corrected chi connectivity index (χ0v) is 16.3. The Morgan fingerprint density at radius 1 is 1.12 bits per heavy atom. The SMILES string of the molecule is Cc1ccc(S(=O)(=O)N[C@@H]2C[C@@H](c3ccccc3)O[C@@H]2CI)cc1. The molecule has 6 heteroatoms. The first-order valence-corrected chi connectivity index (χ1v) is 10.9. The van der Waals surface area contributed by atoms with Gasteiger partial charge >= 0.3 is 0 Å². The number of hydrogen-bond donors (Lipinski definition) is 1. The minimum atomic E-state index is -3.54. The Morgan fingerprint density at radius 3 is 2.42 bits per heavy atom. The maximum absolute atomic E-state index is 12.6. The molecule has 1 saturated heterocycles. The first-order valence-electron chi connectivity index (χ1n) is 7.85. The Morgan fingerprint density at radius 2 is 1.79 bits per heavy atom. The largest absolute Gasteiger partial charge is 0.368 e. The lowest BCUT2D eigenvalue weighted by Crippen LogP contribution is -2.41. The van der Waals surface area contributed by atoms with E-state index in [1.54, 1.807) is 12.1 Å². The van der Waals surface area contributed by atoms with Gasteiger partial charge in [-0.2, -0.15) is 0 Å². The summed E-state index contributed by atoms with van der Waals surface area (Å²) in [5.74, 6) is 0. The van der Waals surface area contributed by atoms with Crippen LogP contribution in [-0.2, 0) is 14.8 Å². The molecule has 0 bridgehead atoms. The molecule has 4 nitrogen and oxygen atoms in total. The molecule has 0 saturated carbocycles. The van der Waals surface area contributed by atoms with E-state index in [1.165, 1.54) is 0 Å². The van der Waals surface area contributed by atoms with Crippen molar-refractivity contribution in [2.75, 3.05) is 4.43 Å². The molecule has 0 unspecified atom stereocenters. The van der Waals surface area contributed by atoms with Gasteiger partial charge in [-0.05, 0) is 31.0 Å². The minimum absolute atomic E-state index is 0.0725. The lowest BCUT2D eigenvalue weighted by molar-refractivity contribution is 0.0556. The second-order valence-electron chi connectivity index (χ2n) is 6.00. The molecule has 1 heterocycles. The minimum Gasteiger partial charge on any atom is -0.368 e. The molecule has 0 aliphatic carbocycles. The van der Waals surface area contributed by atoms with Gasteiger partial charge in [0.25, 0.3) is 0 Å². The van der Waals surface area contributed by atoms with E-state index in [9.17, 15) is 8.42 Å². The van der Waals surface area contributed by atoms with Crippen LogP contribution in [0.2, 0.25) is 0 Å². The van der Waals surface area contributed by atoms with Gasteiger partial charge in [0.05, 0.1) is 23.1 Å². The highest BCUT2D eigenvalue weighted by atomic mass is 127. The third kappa shape index (κ3) is 3.99. The van der Waals surface area contributed by atoms with E-state index < -0.39 is 10.0 Å². The summed E-state index contributed by atoms with van der Waals surface area (Å²) in [4.78, 5) is 0.295. The van der Waals surface area contributed by atoms with Gasteiger partial charge in [0.1, 0.15) is 0 Å². The van der Waals surface area contributed by atoms with Crippen LogP contribution in [0.1, 0.15) is 23.7 Å². The summed E-state index contributed by atoms with van der Waals surface area (Å²) < 4.78 is 34.9. The van der Waals surface area contributed by atoms with E-state index in [0.717, 1.165) is 15.6 Å². The van der Waals surface area contributed by atoms with Crippen molar-refractivity contribution in [3.05, 3.63) is 65.7 Å². The molecule has 0 radical (unpaired) electrons. The summed E-state index contributed by atoms with van der Waals surface area (Å²) in [6.07, 6.45) is 0.440. The molecule has 0 aromatic heterocycles. The molecule has 2 aromatic rings. The highest BCUT2D eigenvalue weighted by Gasteiger charge is 2.37. The lowest BCUT2D eigenvalue weighted by atomic mass is 10.0. The van der Waals surface area contributed by atoms with Gasteiger partial charge in [-0.3, -0.25) is 0 Å². The summed E-state index contributed by atoms with van der Waals surface area (Å²) >= 11 is 2.24. The normalized spacial score (nSPS) is 24.2. The molecular formula is C18H20INO3S. The first kappa shape index (κ1) is 17.8. The van der Waals surface area contributed by atoms with Crippen molar-refractivity contribution in [2.24, 2.45) is 0 Å². The third-order valence-electron chi connectivity index (χ3n) is 4.22. The van der Waals surface area contributed by atoms with Crippen LogP contribution in [0.15, 0.2) is 59.5 Å². The molecule has 1 aliphatic heterocycles. The van der Waals surface area contributed by atoms with E-state index in [-0.39, 0.29) is 18.2 Å². The summed E-state index contributed by atoms with van der Waals surface area (Å²) in [5.41, 5.74) is 2.12. The fraction of sp³-hybridized carbons (Fsp3) is 0.333. The van der Waals surface area contributed by atoms with E-state index in [1.807, 2.05) is 49.4 Å². The fourth-order valence-electron chi connectivity index (χ4n) is 2.88. The first-order chi connectivity index (χ1) is 11.5. The van der Waals surface area contributed by atoms with Gasteiger partial charge in [0.2, 0.25) is 10.0 Å². The third-order valence-corrected chi connectivity index (χ3v) is 6.59. The summed E-state index contributed by atoms with van der Waals surface area (Å²) in [7, 11) is -3.54. The highest BCUT2D eigenvalue weighted by Crippen LogP contribution is 2.34. The van der Waals surface area contributed by atoms with E-state index >= 15 is 0 Å². The zero-order valence-electron chi connectivity index (χ0n) is 13.4. The van der Waals surface area contributed by atoms with Crippen molar-refractivity contribution < 1.29 is 13.2 Å². The van der Waals surface area contributed by atoms with Crippen molar-refractivity contribution >= 4 is 32.6 Å². The Balaban J connectivity index is 1.77. The van der Waals surface area contributed by atoms with Crippen LogP contribution in [0.5, 0.6) is 0 Å². The molecule has 1 N–H and O–H groups in total. The van der Waals surface area contributed by atoms with Crippen LogP contribution >= 0.6 is 22.6 Å². The maximum Gasteiger partial charge on any atom is 0.240 e. The van der Waals surface area contributed by atoms with Crippen LogP contribution < -0.4 is 4.72 Å². The Labute approximate surface area is 156 Å². The maximum atomic E-state index is 12.6. The second-order valence-corrected chi connectivity index (χ2v) is 8.60. The Bertz CT molecular complexity index is 778. The Hall–Kier alpha value is -0.960. The molecule has 3 rings (SSSR count). The quantitative estimate of drug-likeness (QED) is 0.552. The molecule has 3 atom stereocenters. The standard InChI is InChI=1S/C18H20INO3S/c1-13-7-9-15(10-8-13)24(21,22)20-16-11-17(23-18(16)12-19)14-5-3-2-4-6-14/h2-10,16-18,20H,11-12H2,1H3/t16-,17+,18-/m1/s1. The van der Waals surface area contributed by atoms with Crippen molar-refractivity contribution in [2.45, 2.75) is 36.5 Å². The number of sulfonamides is 1. The van der Waals surface area contributed by atoms with Crippen molar-refractivity contribution in [1.82, 2.24) is 4.72 Å². The van der Waals surface area contributed by atoms with Gasteiger partial charge in [-0.1, -0.05) is 70.6 Å². The van der Waals surface area contributed by atoms with Crippen LogP contribution in [0.4, 0.5) is 0 Å². The van der Waals surface area contributed by atoms with Crippen molar-refractivity contribution in [1.29, 1.82) is 0 Å². The summed E-state index contributed by atoms with van der Waals surface area (Å²) in [5, 5.41) is 0. The van der Waals surface area contributed by atoms with Gasteiger partial charge in [-0.15, -0.1) is 0 Å². The van der Waals surface area contributed by atoms with Crippen molar-refractivity contribution in [3.8, 4) is 0 Å². The number of halogens is 1. The molecule has 1 fully saturated rings. The van der Waals surface area contributed by atoms with Gasteiger partial charge in [-0.25, -0.2) is 13.1 Å². The fourth-order valence-corrected chi connectivity index (χ4v) is 4.98. The van der Waals surface area contributed by atoms with Crippen LogP contribution in [-0.4, -0.2) is 25.0 Å². The topological polar surface area (TPSA) is 55.4 Å². The number of hydrogen-bond acceptors (Lipinski definition) is 3. The predicted octanol–water partition coefficient (Wildman–Crippen LogP) is 3.61. The lowest BCUT2D eigenvalue weighted by Gasteiger charge is -2.17. The summed E-state index contributed by atoms with van der Waals surface area (Å²) in [6, 6.07) is 16.6. The molecule has 2 aromatic carbocycles. The monoisotopic (exact) mass is 457 g/mol. The molecule has 24 heavy (non-hydrogen) atoms. The van der Waals surface area contributed by atoms with Gasteiger partial charge in [0, 0.05) is 4.43 Å². The number of alkyl halides is 1. The molecule has 0 amide bonds. The average molecular weight is 457 g/mol. The summed E-state index contributed by atoms with van der Waals surface area (Å²) in [6.45, 7) is 1.94. The van der Waals surface area contributed by atoms with Crippen LogP contribution in [0, 0.1) is 6.92 Å². The van der Waals surface area contributed by atoms with E-state index in [0.29, 0.717) is 11.3 Å². The number of rotatable bonds is 5. The number of aryl methyl sites for hydroxylation is 1. The van der Waals surface area contributed by atoms with Crippen LogP contribution in [0.3, 0.4) is 0 Å². The molecular weight excluding hydrogens is 437 g/mol. The second kappa shape index (κ2) is 7.51.